The third kappa shape index (κ3) is 3.19. The molecule has 0 aromatic heterocycles. The van der Waals surface area contributed by atoms with Crippen LogP contribution in [-0.4, -0.2) is 24.8 Å². The standard InChI is InChI=1S/C17H27O3/c1-17(2,3)20-16(18)10-19-9-15-13-5-11-4-12(7-13)8-14(15)6-11/h11-13,15H,4-10H2,1-3H3. The second kappa shape index (κ2) is 5.32. The molecule has 4 rings (SSSR count). The lowest BCUT2D eigenvalue weighted by Gasteiger charge is -2.54. The molecule has 20 heavy (non-hydrogen) atoms. The number of carbonyl (C=O) groups excluding carboxylic acids is 1. The van der Waals surface area contributed by atoms with Gasteiger partial charge in [0.1, 0.15) is 12.2 Å². The lowest BCUT2D eigenvalue weighted by atomic mass is 9.52. The molecule has 4 saturated carbocycles. The molecule has 0 aromatic rings. The van der Waals surface area contributed by atoms with Crippen LogP contribution in [0.4, 0.5) is 0 Å². The van der Waals surface area contributed by atoms with Gasteiger partial charge in [0.15, 0.2) is 0 Å². The van der Waals surface area contributed by atoms with Gasteiger partial charge in [-0.3, -0.25) is 0 Å². The molecule has 113 valence electrons. The molecule has 0 heterocycles. The molecule has 4 bridgehead atoms. The van der Waals surface area contributed by atoms with Crippen LogP contribution in [0.1, 0.15) is 52.9 Å². The van der Waals surface area contributed by atoms with E-state index in [4.69, 9.17) is 9.47 Å². The van der Waals surface area contributed by atoms with Crippen LogP contribution in [0.25, 0.3) is 0 Å². The maximum atomic E-state index is 11.7. The summed E-state index contributed by atoms with van der Waals surface area (Å²) in [6.07, 6.45) is 6.90. The zero-order valence-corrected chi connectivity index (χ0v) is 13.0. The molecule has 4 aliphatic rings. The number of hydrogen-bond acceptors (Lipinski definition) is 3. The largest absolute Gasteiger partial charge is 0.458 e. The minimum absolute atomic E-state index is 0.0978. The number of rotatable bonds is 4. The van der Waals surface area contributed by atoms with Crippen LogP contribution >= 0.6 is 0 Å². The number of ether oxygens (including phenoxy) is 2. The van der Waals surface area contributed by atoms with Crippen molar-refractivity contribution in [1.82, 2.24) is 0 Å². The fraction of sp³-hybridized carbons (Fsp3) is 0.882. The van der Waals surface area contributed by atoms with E-state index in [0.29, 0.717) is 5.92 Å². The number of esters is 1. The van der Waals surface area contributed by atoms with Crippen molar-refractivity contribution in [1.29, 1.82) is 0 Å². The summed E-state index contributed by atoms with van der Waals surface area (Å²) in [4.78, 5) is 11.7. The average Bonchev–Trinajstić information content (AvgIpc) is 2.29. The first-order valence-electron chi connectivity index (χ1n) is 8.05. The van der Waals surface area contributed by atoms with Gasteiger partial charge in [0.05, 0.1) is 6.61 Å². The average molecular weight is 279 g/mol. The van der Waals surface area contributed by atoms with Crippen LogP contribution in [0.15, 0.2) is 0 Å². The quantitative estimate of drug-likeness (QED) is 0.740. The molecule has 0 saturated heterocycles. The summed E-state index contributed by atoms with van der Waals surface area (Å²) in [7, 11) is 0. The van der Waals surface area contributed by atoms with Gasteiger partial charge in [-0.25, -0.2) is 4.79 Å². The number of hydrogen-bond donors (Lipinski definition) is 0. The molecule has 3 nitrogen and oxygen atoms in total. The molecule has 0 spiro atoms. The van der Waals surface area contributed by atoms with Gasteiger partial charge in [0.25, 0.3) is 0 Å². The Hall–Kier alpha value is -0.570. The van der Waals surface area contributed by atoms with E-state index < -0.39 is 5.60 Å². The van der Waals surface area contributed by atoms with Gasteiger partial charge in [0.2, 0.25) is 0 Å². The highest BCUT2D eigenvalue weighted by Gasteiger charge is 2.48. The summed E-state index contributed by atoms with van der Waals surface area (Å²) in [5.41, 5.74) is -0.419. The highest BCUT2D eigenvalue weighted by atomic mass is 16.6. The van der Waals surface area contributed by atoms with E-state index in [1.54, 1.807) is 5.92 Å². The van der Waals surface area contributed by atoms with Crippen molar-refractivity contribution in [3.63, 3.8) is 0 Å². The number of carbonyl (C=O) groups is 1. The third-order valence-corrected chi connectivity index (χ3v) is 5.07. The Kier molecular flexibility index (Phi) is 3.83. The van der Waals surface area contributed by atoms with Crippen molar-refractivity contribution in [2.75, 3.05) is 13.2 Å². The van der Waals surface area contributed by atoms with E-state index in [-0.39, 0.29) is 12.6 Å². The fourth-order valence-corrected chi connectivity index (χ4v) is 4.63. The van der Waals surface area contributed by atoms with E-state index in [2.05, 4.69) is 0 Å². The van der Waals surface area contributed by atoms with Crippen molar-refractivity contribution in [2.24, 2.45) is 23.7 Å². The third-order valence-electron chi connectivity index (χ3n) is 5.07. The molecule has 3 atom stereocenters. The zero-order chi connectivity index (χ0) is 14.3. The Morgan fingerprint density at radius 3 is 2.35 bits per heavy atom. The van der Waals surface area contributed by atoms with Gasteiger partial charge in [-0.1, -0.05) is 0 Å². The van der Waals surface area contributed by atoms with Crippen LogP contribution in [0.3, 0.4) is 0 Å². The maximum absolute atomic E-state index is 11.7. The van der Waals surface area contributed by atoms with Crippen LogP contribution in [0.2, 0.25) is 0 Å². The van der Waals surface area contributed by atoms with Crippen molar-refractivity contribution < 1.29 is 14.3 Å². The summed E-state index contributed by atoms with van der Waals surface area (Å²) in [5, 5.41) is 0. The van der Waals surface area contributed by atoms with Crippen molar-refractivity contribution in [3.05, 3.63) is 5.92 Å². The first kappa shape index (κ1) is 14.4. The molecule has 0 aromatic carbocycles. The minimum Gasteiger partial charge on any atom is -0.458 e. The molecule has 3 heteroatoms. The van der Waals surface area contributed by atoms with E-state index in [1.165, 1.54) is 32.1 Å². The molecule has 4 fully saturated rings. The molecular weight excluding hydrogens is 252 g/mol. The Labute approximate surface area is 122 Å². The van der Waals surface area contributed by atoms with Crippen LogP contribution in [0, 0.1) is 29.6 Å². The van der Waals surface area contributed by atoms with Crippen molar-refractivity contribution >= 4 is 5.97 Å². The predicted molar refractivity (Wildman–Crippen MR) is 77.0 cm³/mol. The summed E-state index contributed by atoms with van der Waals surface area (Å²) in [6.45, 7) is 6.48. The lowest BCUT2D eigenvalue weighted by molar-refractivity contribution is -0.161. The zero-order valence-electron chi connectivity index (χ0n) is 13.0. The Balaban J connectivity index is 1.44. The van der Waals surface area contributed by atoms with Gasteiger partial charge < -0.3 is 9.47 Å². The highest BCUT2D eigenvalue weighted by molar-refractivity contribution is 5.71. The normalized spacial score (nSPS) is 36.4. The van der Waals surface area contributed by atoms with Crippen molar-refractivity contribution in [3.8, 4) is 0 Å². The van der Waals surface area contributed by atoms with Crippen molar-refractivity contribution in [2.45, 2.75) is 58.5 Å². The van der Waals surface area contributed by atoms with Gasteiger partial charge >= 0.3 is 5.97 Å². The second-order valence-electron chi connectivity index (χ2n) is 7.97. The van der Waals surface area contributed by atoms with Crippen LogP contribution < -0.4 is 0 Å². The summed E-state index contributed by atoms with van der Waals surface area (Å²) >= 11 is 0. The molecule has 0 aliphatic heterocycles. The molecule has 0 N–H and O–H groups in total. The molecule has 3 unspecified atom stereocenters. The minimum atomic E-state index is -0.419. The van der Waals surface area contributed by atoms with Gasteiger partial charge in [-0.15, -0.1) is 0 Å². The summed E-state index contributed by atoms with van der Waals surface area (Å²) < 4.78 is 10.9. The van der Waals surface area contributed by atoms with E-state index in [0.717, 1.165) is 24.4 Å². The Morgan fingerprint density at radius 1 is 1.15 bits per heavy atom. The second-order valence-corrected chi connectivity index (χ2v) is 7.97. The SMILES string of the molecule is CC(C)(C)OC(=O)COCC1[C]2CC3CC(C2)CC1C3. The topological polar surface area (TPSA) is 35.5 Å². The first-order valence-corrected chi connectivity index (χ1v) is 8.05. The van der Waals surface area contributed by atoms with Gasteiger partial charge in [0, 0.05) is 0 Å². The van der Waals surface area contributed by atoms with E-state index in [9.17, 15) is 4.79 Å². The Morgan fingerprint density at radius 2 is 1.80 bits per heavy atom. The smallest absolute Gasteiger partial charge is 0.332 e. The first-order chi connectivity index (χ1) is 9.40. The molecule has 0 amide bonds. The van der Waals surface area contributed by atoms with Crippen LogP contribution in [0.5, 0.6) is 0 Å². The lowest BCUT2D eigenvalue weighted by Crippen LogP contribution is -2.45. The van der Waals surface area contributed by atoms with Gasteiger partial charge in [-0.2, -0.15) is 0 Å². The van der Waals surface area contributed by atoms with Gasteiger partial charge in [-0.05, 0) is 82.5 Å². The molecule has 4 aliphatic carbocycles. The molecular formula is C17H27O3. The fourth-order valence-electron chi connectivity index (χ4n) is 4.63. The summed E-state index contributed by atoms with van der Waals surface area (Å²) in [5.74, 6) is 4.86. The van der Waals surface area contributed by atoms with Crippen LogP contribution in [-0.2, 0) is 14.3 Å². The van der Waals surface area contributed by atoms with E-state index >= 15 is 0 Å². The summed E-state index contributed by atoms with van der Waals surface area (Å²) in [6, 6.07) is 0. The van der Waals surface area contributed by atoms with E-state index in [1.807, 2.05) is 20.8 Å². The Bertz CT molecular complexity index is 341. The highest BCUT2D eigenvalue weighted by Crippen LogP contribution is 2.57. The monoisotopic (exact) mass is 279 g/mol. The predicted octanol–water partition coefficient (Wildman–Crippen LogP) is 3.38. The molecule has 1 radical (unpaired) electrons. The maximum Gasteiger partial charge on any atom is 0.332 e.